The third-order valence-corrected chi connectivity index (χ3v) is 5.37. The topological polar surface area (TPSA) is 73.2 Å². The number of anilines is 3. The van der Waals surface area contributed by atoms with Crippen molar-refractivity contribution in [2.45, 2.75) is 27.7 Å². The molecule has 0 radical (unpaired) electrons. The van der Waals surface area contributed by atoms with Crippen LogP contribution < -0.4 is 9.64 Å². The van der Waals surface area contributed by atoms with Crippen LogP contribution in [0.5, 0.6) is 28.7 Å². The number of aryl methyl sites for hydroxylation is 4. The third-order valence-electron chi connectivity index (χ3n) is 5.37. The number of ether oxygens (including phenoxy) is 1. The Kier molecular flexibility index (Phi) is 5.88. The maximum Gasteiger partial charge on any atom is 0.151 e. The van der Waals surface area contributed by atoms with Crippen LogP contribution in [0.3, 0.4) is 0 Å². The molecule has 0 fully saturated rings. The van der Waals surface area contributed by atoms with E-state index in [1.54, 1.807) is 36.4 Å². The maximum absolute atomic E-state index is 10.3. The molecule has 0 heterocycles. The highest BCUT2D eigenvalue weighted by molar-refractivity contribution is 5.82. The molecule has 168 valence electrons. The molecule has 5 nitrogen and oxygen atoms in total. The molecule has 0 aliphatic carbocycles. The molecule has 0 amide bonds. The van der Waals surface area contributed by atoms with Crippen molar-refractivity contribution in [1.82, 2.24) is 0 Å². The minimum Gasteiger partial charge on any atom is -0.508 e. The lowest BCUT2D eigenvalue weighted by Crippen LogP contribution is -2.11. The largest absolute Gasteiger partial charge is 0.508 e. The summed E-state index contributed by atoms with van der Waals surface area (Å²) in [7, 11) is 0. The summed E-state index contributed by atoms with van der Waals surface area (Å²) in [6, 6.07) is 21.6. The number of nitrogens with zero attached hydrogens (tertiary/aromatic N) is 1. The lowest BCUT2D eigenvalue weighted by molar-refractivity contribution is 0.459. The number of phenols is 3. The molecule has 0 spiro atoms. The first-order valence-corrected chi connectivity index (χ1v) is 10.7. The van der Waals surface area contributed by atoms with Crippen molar-refractivity contribution >= 4 is 17.1 Å². The molecular weight excluding hydrogens is 414 g/mol. The van der Waals surface area contributed by atoms with E-state index in [1.165, 1.54) is 0 Å². The summed E-state index contributed by atoms with van der Waals surface area (Å²) in [5.74, 6) is 1.75. The van der Waals surface area contributed by atoms with Gasteiger partial charge in [-0.2, -0.15) is 0 Å². The van der Waals surface area contributed by atoms with Gasteiger partial charge in [-0.15, -0.1) is 0 Å². The number of hydrogen-bond acceptors (Lipinski definition) is 5. The highest BCUT2D eigenvalue weighted by atomic mass is 16.5. The number of hydrogen-bond donors (Lipinski definition) is 3. The Morgan fingerprint density at radius 1 is 0.606 bits per heavy atom. The quantitative estimate of drug-likeness (QED) is 0.303. The summed E-state index contributed by atoms with van der Waals surface area (Å²) in [6.07, 6.45) is 0. The predicted molar refractivity (Wildman–Crippen MR) is 132 cm³/mol. The molecule has 5 heteroatoms. The van der Waals surface area contributed by atoms with Gasteiger partial charge in [-0.3, -0.25) is 0 Å². The fraction of sp³-hybridized carbons (Fsp3) is 0.143. The van der Waals surface area contributed by atoms with Gasteiger partial charge in [-0.1, -0.05) is 12.1 Å². The van der Waals surface area contributed by atoms with E-state index < -0.39 is 0 Å². The number of phenolic OH excluding ortho intramolecular Hbond substituents is 3. The van der Waals surface area contributed by atoms with Crippen molar-refractivity contribution in [3.8, 4) is 28.7 Å². The second kappa shape index (κ2) is 8.79. The summed E-state index contributed by atoms with van der Waals surface area (Å²) in [6.45, 7) is 7.61. The molecule has 0 aliphatic rings. The summed E-state index contributed by atoms with van der Waals surface area (Å²) >= 11 is 0. The molecule has 0 unspecified atom stereocenters. The van der Waals surface area contributed by atoms with E-state index in [0.717, 1.165) is 39.3 Å². The van der Waals surface area contributed by atoms with E-state index in [-0.39, 0.29) is 17.2 Å². The van der Waals surface area contributed by atoms with Crippen molar-refractivity contribution in [3.05, 3.63) is 95.1 Å². The van der Waals surface area contributed by atoms with E-state index in [4.69, 9.17) is 4.74 Å². The van der Waals surface area contributed by atoms with E-state index in [2.05, 4.69) is 0 Å². The zero-order valence-corrected chi connectivity index (χ0v) is 19.1. The first-order valence-electron chi connectivity index (χ1n) is 10.7. The van der Waals surface area contributed by atoms with Gasteiger partial charge in [0.15, 0.2) is 5.75 Å². The van der Waals surface area contributed by atoms with E-state index in [9.17, 15) is 15.3 Å². The summed E-state index contributed by atoms with van der Waals surface area (Å²) in [4.78, 5) is 1.94. The minimum absolute atomic E-state index is 0.149. The Morgan fingerprint density at radius 3 is 1.61 bits per heavy atom. The molecule has 4 rings (SSSR count). The second-order valence-electron chi connectivity index (χ2n) is 8.37. The lowest BCUT2D eigenvalue weighted by atomic mass is 10.1. The van der Waals surface area contributed by atoms with Gasteiger partial charge in [0, 0.05) is 12.1 Å². The fourth-order valence-corrected chi connectivity index (χ4v) is 4.10. The zero-order valence-electron chi connectivity index (χ0n) is 19.1. The van der Waals surface area contributed by atoms with Gasteiger partial charge in [0.05, 0.1) is 17.1 Å². The Balaban J connectivity index is 1.92. The van der Waals surface area contributed by atoms with Crippen LogP contribution in [0.1, 0.15) is 22.3 Å². The van der Waals surface area contributed by atoms with Gasteiger partial charge in [0.2, 0.25) is 0 Å². The van der Waals surface area contributed by atoms with E-state index in [0.29, 0.717) is 11.5 Å². The van der Waals surface area contributed by atoms with Crippen LogP contribution in [0.4, 0.5) is 17.1 Å². The predicted octanol–water partition coefficient (Wildman–Crippen LogP) is 7.30. The molecule has 0 bridgehead atoms. The molecule has 0 saturated heterocycles. The van der Waals surface area contributed by atoms with Gasteiger partial charge in [0.1, 0.15) is 23.0 Å². The lowest BCUT2D eigenvalue weighted by Gasteiger charge is -2.28. The standard InChI is InChI=1S/C28H27NO4/c1-17-9-21(15-23(30)11-17)29(22-10-18(2)12-24(31)16-22)26-7-5-6-8-27(26)33-28-19(3)13-25(32)14-20(28)4/h5-16,30-32H,1-4H3. The molecule has 3 N–H and O–H groups in total. The van der Waals surface area contributed by atoms with Crippen LogP contribution in [-0.2, 0) is 0 Å². The number of benzene rings is 4. The summed E-state index contributed by atoms with van der Waals surface area (Å²) < 4.78 is 6.39. The minimum atomic E-state index is 0.149. The van der Waals surface area contributed by atoms with Crippen LogP contribution in [0.2, 0.25) is 0 Å². The molecule has 0 aromatic heterocycles. The van der Waals surface area contributed by atoms with Crippen LogP contribution in [0, 0.1) is 27.7 Å². The highest BCUT2D eigenvalue weighted by Crippen LogP contribution is 2.44. The Morgan fingerprint density at radius 2 is 1.09 bits per heavy atom. The fourth-order valence-electron chi connectivity index (χ4n) is 4.10. The first-order chi connectivity index (χ1) is 15.7. The number of rotatable bonds is 5. The number of para-hydroxylation sites is 2. The van der Waals surface area contributed by atoms with Crippen LogP contribution in [0.25, 0.3) is 0 Å². The molecule has 33 heavy (non-hydrogen) atoms. The SMILES string of the molecule is Cc1cc(O)cc(N(c2cc(C)cc(O)c2)c2ccccc2Oc2c(C)cc(O)cc2C)c1. The van der Waals surface area contributed by atoms with Gasteiger partial charge < -0.3 is 25.0 Å². The average molecular weight is 442 g/mol. The molecule has 4 aromatic rings. The van der Waals surface area contributed by atoms with Crippen molar-refractivity contribution in [2.24, 2.45) is 0 Å². The van der Waals surface area contributed by atoms with E-state index >= 15 is 0 Å². The van der Waals surface area contributed by atoms with Gasteiger partial charge >= 0.3 is 0 Å². The Hall–Kier alpha value is -4.12. The van der Waals surface area contributed by atoms with Crippen molar-refractivity contribution < 1.29 is 20.1 Å². The highest BCUT2D eigenvalue weighted by Gasteiger charge is 2.20. The maximum atomic E-state index is 10.3. The zero-order chi connectivity index (χ0) is 23.7. The molecule has 0 atom stereocenters. The van der Waals surface area contributed by atoms with Crippen molar-refractivity contribution in [3.63, 3.8) is 0 Å². The molecule has 4 aromatic carbocycles. The number of aromatic hydroxyl groups is 3. The monoisotopic (exact) mass is 441 g/mol. The third kappa shape index (κ3) is 4.72. The van der Waals surface area contributed by atoms with Gasteiger partial charge in [-0.25, -0.2) is 0 Å². The Labute approximate surface area is 193 Å². The van der Waals surface area contributed by atoms with Crippen LogP contribution >= 0.6 is 0 Å². The van der Waals surface area contributed by atoms with Gasteiger partial charge in [-0.05, 0) is 98.5 Å². The van der Waals surface area contributed by atoms with Crippen LogP contribution in [0.15, 0.2) is 72.8 Å². The van der Waals surface area contributed by atoms with Crippen LogP contribution in [-0.4, -0.2) is 15.3 Å². The summed E-state index contributed by atoms with van der Waals surface area (Å²) in [5.41, 5.74) is 5.62. The normalized spacial score (nSPS) is 10.8. The molecule has 0 aliphatic heterocycles. The average Bonchev–Trinajstić information content (AvgIpc) is 2.70. The smallest absolute Gasteiger partial charge is 0.151 e. The van der Waals surface area contributed by atoms with Crippen molar-refractivity contribution in [1.29, 1.82) is 0 Å². The Bertz CT molecular complexity index is 1210. The molecule has 0 saturated carbocycles. The van der Waals surface area contributed by atoms with Crippen molar-refractivity contribution in [2.75, 3.05) is 4.90 Å². The summed E-state index contributed by atoms with van der Waals surface area (Å²) in [5, 5.41) is 30.6. The molecular formula is C28H27NO4. The second-order valence-corrected chi connectivity index (χ2v) is 8.37. The van der Waals surface area contributed by atoms with Gasteiger partial charge in [0.25, 0.3) is 0 Å². The van der Waals surface area contributed by atoms with E-state index in [1.807, 2.05) is 69.0 Å². The first kappa shape index (κ1) is 22.1.